The van der Waals surface area contributed by atoms with Crippen molar-refractivity contribution < 1.29 is 19.2 Å². The fourth-order valence-corrected chi connectivity index (χ4v) is 5.52. The Morgan fingerprint density at radius 3 is 2.17 bits per heavy atom. The highest BCUT2D eigenvalue weighted by atomic mass is 32.2. The highest BCUT2D eigenvalue weighted by molar-refractivity contribution is 8.00. The van der Waals surface area contributed by atoms with Gasteiger partial charge in [-0.3, -0.25) is 19.2 Å². The van der Waals surface area contributed by atoms with Crippen molar-refractivity contribution in [2.45, 2.75) is 30.4 Å². The van der Waals surface area contributed by atoms with Gasteiger partial charge in [-0.2, -0.15) is 0 Å². The van der Waals surface area contributed by atoms with Gasteiger partial charge in [0.25, 0.3) is 11.8 Å². The van der Waals surface area contributed by atoms with E-state index in [2.05, 4.69) is 21.3 Å². The normalized spacial score (nSPS) is 11.7. The minimum Gasteiger partial charge on any atom is -0.326 e. The molecule has 1 aromatic heterocycles. The van der Waals surface area contributed by atoms with Crippen LogP contribution in [0.25, 0.3) is 6.08 Å². The molecule has 1 atom stereocenters. The summed E-state index contributed by atoms with van der Waals surface area (Å²) in [7, 11) is 0. The van der Waals surface area contributed by atoms with Crippen LogP contribution in [0, 0.1) is 0 Å². The number of thiophene rings is 1. The second-order valence-electron chi connectivity index (χ2n) is 9.14. The standard InChI is InChI=1S/C32H30N4O4S2/c1-3-29(32(40)34-24-16-14-23(15-17-24)33-21(2)37)42-27-12-7-11-25(19-27)35-31(39)28(20-26-13-8-18-41-26)36-30(38)22-9-5-4-6-10-22/h4-20,29H,3H2,1-2H3,(H,33,37)(H,34,40)(H,35,39)(H,36,38)/b28-20-. The maximum Gasteiger partial charge on any atom is 0.272 e. The number of benzene rings is 3. The van der Waals surface area contributed by atoms with E-state index in [1.165, 1.54) is 30.0 Å². The maximum absolute atomic E-state index is 13.3. The predicted molar refractivity (Wildman–Crippen MR) is 171 cm³/mol. The molecular formula is C32H30N4O4S2. The first-order valence-electron chi connectivity index (χ1n) is 13.2. The fourth-order valence-electron chi connectivity index (χ4n) is 3.85. The highest BCUT2D eigenvalue weighted by Crippen LogP contribution is 2.29. The van der Waals surface area contributed by atoms with Gasteiger partial charge in [-0.15, -0.1) is 23.1 Å². The molecule has 0 aliphatic rings. The first-order chi connectivity index (χ1) is 20.3. The number of rotatable bonds is 11. The van der Waals surface area contributed by atoms with E-state index in [0.717, 1.165) is 9.77 Å². The van der Waals surface area contributed by atoms with Gasteiger partial charge in [0.15, 0.2) is 0 Å². The van der Waals surface area contributed by atoms with Crippen LogP contribution in [0.5, 0.6) is 0 Å². The van der Waals surface area contributed by atoms with Gasteiger partial charge in [-0.1, -0.05) is 37.3 Å². The van der Waals surface area contributed by atoms with E-state index >= 15 is 0 Å². The SMILES string of the molecule is CCC(Sc1cccc(NC(=O)/C(=C/c2cccs2)NC(=O)c2ccccc2)c1)C(=O)Nc1ccc(NC(C)=O)cc1. The van der Waals surface area contributed by atoms with Gasteiger partial charge in [0.1, 0.15) is 5.70 Å². The van der Waals surface area contributed by atoms with Gasteiger partial charge >= 0.3 is 0 Å². The van der Waals surface area contributed by atoms with Gasteiger partial charge in [-0.25, -0.2) is 0 Å². The van der Waals surface area contributed by atoms with E-state index in [0.29, 0.717) is 29.0 Å². The molecule has 0 bridgehead atoms. The van der Waals surface area contributed by atoms with Crippen LogP contribution in [-0.4, -0.2) is 28.9 Å². The zero-order valence-corrected chi connectivity index (χ0v) is 24.7. The van der Waals surface area contributed by atoms with Crippen LogP contribution in [0.15, 0.2) is 107 Å². The van der Waals surface area contributed by atoms with Crippen LogP contribution in [0.1, 0.15) is 35.5 Å². The van der Waals surface area contributed by atoms with Gasteiger partial charge in [0.2, 0.25) is 11.8 Å². The Bertz CT molecular complexity index is 1570. The lowest BCUT2D eigenvalue weighted by atomic mass is 10.2. The molecule has 0 aliphatic heterocycles. The predicted octanol–water partition coefficient (Wildman–Crippen LogP) is 6.63. The number of thioether (sulfide) groups is 1. The van der Waals surface area contributed by atoms with E-state index in [1.807, 2.05) is 36.6 Å². The molecule has 4 amide bonds. The molecule has 4 rings (SSSR count). The van der Waals surface area contributed by atoms with E-state index in [9.17, 15) is 19.2 Å². The van der Waals surface area contributed by atoms with Crippen LogP contribution in [0.2, 0.25) is 0 Å². The molecule has 0 spiro atoms. The largest absolute Gasteiger partial charge is 0.326 e. The second-order valence-corrected chi connectivity index (χ2v) is 11.4. The molecule has 8 nitrogen and oxygen atoms in total. The lowest BCUT2D eigenvalue weighted by Gasteiger charge is -2.16. The smallest absolute Gasteiger partial charge is 0.272 e. The van der Waals surface area contributed by atoms with Crippen LogP contribution >= 0.6 is 23.1 Å². The van der Waals surface area contributed by atoms with E-state index in [4.69, 9.17) is 0 Å². The van der Waals surface area contributed by atoms with Crippen molar-refractivity contribution in [1.29, 1.82) is 0 Å². The minimum atomic E-state index is -0.470. The van der Waals surface area contributed by atoms with Crippen molar-refractivity contribution in [1.82, 2.24) is 5.32 Å². The zero-order chi connectivity index (χ0) is 29.9. The van der Waals surface area contributed by atoms with Gasteiger partial charge in [0, 0.05) is 39.3 Å². The van der Waals surface area contributed by atoms with Crippen molar-refractivity contribution in [3.05, 3.63) is 113 Å². The molecule has 4 N–H and O–H groups in total. The molecular weight excluding hydrogens is 569 g/mol. The first kappa shape index (κ1) is 30.3. The molecule has 0 fully saturated rings. The van der Waals surface area contributed by atoms with Crippen LogP contribution in [-0.2, 0) is 14.4 Å². The molecule has 3 aromatic carbocycles. The van der Waals surface area contributed by atoms with E-state index < -0.39 is 5.91 Å². The zero-order valence-electron chi connectivity index (χ0n) is 23.0. The number of carbonyl (C=O) groups excluding carboxylic acids is 4. The molecule has 0 aliphatic carbocycles. The molecule has 0 radical (unpaired) electrons. The van der Waals surface area contributed by atoms with Crippen molar-refractivity contribution in [3.8, 4) is 0 Å². The highest BCUT2D eigenvalue weighted by Gasteiger charge is 2.19. The number of hydrogen-bond donors (Lipinski definition) is 4. The third kappa shape index (κ3) is 8.92. The quantitative estimate of drug-likeness (QED) is 0.114. The number of hydrogen-bond acceptors (Lipinski definition) is 6. The molecule has 4 aromatic rings. The topological polar surface area (TPSA) is 116 Å². The average molecular weight is 599 g/mol. The Kier molecular flexibility index (Phi) is 10.7. The summed E-state index contributed by atoms with van der Waals surface area (Å²) >= 11 is 2.84. The molecule has 1 heterocycles. The fraction of sp³-hybridized carbons (Fsp3) is 0.125. The summed E-state index contributed by atoms with van der Waals surface area (Å²) in [6.07, 6.45) is 2.22. The Labute approximate surface area is 252 Å². The van der Waals surface area contributed by atoms with Crippen LogP contribution in [0.4, 0.5) is 17.1 Å². The summed E-state index contributed by atoms with van der Waals surface area (Å²) < 4.78 is 0. The summed E-state index contributed by atoms with van der Waals surface area (Å²) in [5.41, 5.74) is 2.35. The number of anilines is 3. The van der Waals surface area contributed by atoms with Gasteiger partial charge < -0.3 is 21.3 Å². The second kappa shape index (κ2) is 14.8. The van der Waals surface area contributed by atoms with Crippen molar-refractivity contribution in [2.75, 3.05) is 16.0 Å². The molecule has 0 saturated carbocycles. The minimum absolute atomic E-state index is 0.111. The summed E-state index contributed by atoms with van der Waals surface area (Å²) in [5, 5.41) is 12.7. The van der Waals surface area contributed by atoms with Crippen LogP contribution in [0.3, 0.4) is 0 Å². The maximum atomic E-state index is 13.3. The van der Waals surface area contributed by atoms with E-state index in [1.54, 1.807) is 72.8 Å². The molecule has 1 unspecified atom stereocenters. The first-order valence-corrected chi connectivity index (χ1v) is 14.9. The Hall–Kier alpha value is -4.67. The molecule has 0 saturated heterocycles. The third-order valence-corrected chi connectivity index (χ3v) is 8.04. The summed E-state index contributed by atoms with van der Waals surface area (Å²) in [5.74, 6) is -1.19. The Morgan fingerprint density at radius 2 is 1.52 bits per heavy atom. The summed E-state index contributed by atoms with van der Waals surface area (Å²) in [4.78, 5) is 52.0. The molecule has 10 heteroatoms. The van der Waals surface area contributed by atoms with Gasteiger partial charge in [0.05, 0.1) is 5.25 Å². The monoisotopic (exact) mass is 598 g/mol. The number of amides is 4. The summed E-state index contributed by atoms with van der Waals surface area (Å²) in [6, 6.07) is 26.5. The van der Waals surface area contributed by atoms with Crippen molar-refractivity contribution in [3.63, 3.8) is 0 Å². The lowest BCUT2D eigenvalue weighted by Crippen LogP contribution is -2.30. The summed E-state index contributed by atoms with van der Waals surface area (Å²) in [6.45, 7) is 3.36. The lowest BCUT2D eigenvalue weighted by molar-refractivity contribution is -0.116. The Morgan fingerprint density at radius 1 is 0.810 bits per heavy atom. The van der Waals surface area contributed by atoms with Gasteiger partial charge in [-0.05, 0) is 78.5 Å². The number of nitrogens with one attached hydrogen (secondary N) is 4. The number of carbonyl (C=O) groups is 4. The Balaban J connectivity index is 1.43. The van der Waals surface area contributed by atoms with Crippen molar-refractivity contribution >= 4 is 69.9 Å². The molecule has 42 heavy (non-hydrogen) atoms. The average Bonchev–Trinajstić information content (AvgIpc) is 3.50. The van der Waals surface area contributed by atoms with E-state index in [-0.39, 0.29) is 28.7 Å². The van der Waals surface area contributed by atoms with Crippen LogP contribution < -0.4 is 21.3 Å². The third-order valence-electron chi connectivity index (χ3n) is 5.86. The molecule has 214 valence electrons. The van der Waals surface area contributed by atoms with Crippen molar-refractivity contribution in [2.24, 2.45) is 0 Å².